The smallest absolute Gasteiger partial charge is 0.0343 e. The molecule has 0 saturated heterocycles. The summed E-state index contributed by atoms with van der Waals surface area (Å²) in [5.74, 6) is 0. The van der Waals surface area contributed by atoms with Crippen LogP contribution < -0.4 is 5.32 Å². The predicted octanol–water partition coefficient (Wildman–Crippen LogP) is 6.03. The fourth-order valence-electron chi connectivity index (χ4n) is 3.00. The van der Waals surface area contributed by atoms with Crippen molar-refractivity contribution in [1.82, 2.24) is 5.32 Å². The molecule has 1 N–H and O–H groups in total. The molecule has 0 aliphatic heterocycles. The van der Waals surface area contributed by atoms with E-state index in [1.54, 1.807) is 0 Å². The molecular weight excluding hydrogens is 302 g/mol. The zero-order chi connectivity index (χ0) is 16.4. The predicted molar refractivity (Wildman–Crippen MR) is 103 cm³/mol. The van der Waals surface area contributed by atoms with E-state index >= 15 is 0 Å². The molecule has 0 aromatic heterocycles. The second kappa shape index (κ2) is 6.64. The highest BCUT2D eigenvalue weighted by Gasteiger charge is 2.10. The van der Waals surface area contributed by atoms with Crippen molar-refractivity contribution in [1.29, 1.82) is 0 Å². The first-order valence-corrected chi connectivity index (χ1v) is 8.49. The minimum absolute atomic E-state index is 0.830. The lowest BCUT2D eigenvalue weighted by Crippen LogP contribution is -2.12. The molecule has 2 heteroatoms. The number of nitrogens with one attached hydrogen (secondary N) is 1. The summed E-state index contributed by atoms with van der Waals surface area (Å²) in [4.78, 5) is 0. The molecule has 0 atom stereocenters. The van der Waals surface area contributed by atoms with Crippen LogP contribution in [0.15, 0.2) is 54.1 Å². The van der Waals surface area contributed by atoms with Crippen molar-refractivity contribution in [3.8, 4) is 0 Å². The van der Waals surface area contributed by atoms with Gasteiger partial charge in [-0.25, -0.2) is 0 Å². The second-order valence-electron chi connectivity index (χ2n) is 6.12. The van der Waals surface area contributed by atoms with Gasteiger partial charge in [-0.15, -0.1) is 0 Å². The molecule has 0 saturated carbocycles. The van der Waals surface area contributed by atoms with Crippen molar-refractivity contribution in [2.75, 3.05) is 6.54 Å². The number of allylic oxidation sites excluding steroid dienone is 4. The van der Waals surface area contributed by atoms with E-state index in [2.05, 4.69) is 62.2 Å². The Labute approximate surface area is 143 Å². The summed E-state index contributed by atoms with van der Waals surface area (Å²) in [5, 5.41) is 6.80. The largest absolute Gasteiger partial charge is 0.385 e. The van der Waals surface area contributed by atoms with Gasteiger partial charge in [-0.3, -0.25) is 0 Å². The zero-order valence-electron chi connectivity index (χ0n) is 13.7. The lowest BCUT2D eigenvalue weighted by Gasteiger charge is -2.14. The van der Waals surface area contributed by atoms with Crippen molar-refractivity contribution < 1.29 is 0 Å². The Bertz CT molecular complexity index is 827. The summed E-state index contributed by atoms with van der Waals surface area (Å²) in [6, 6.07) is 11.1. The molecule has 0 amide bonds. The normalized spacial score (nSPS) is 13.9. The minimum Gasteiger partial charge on any atom is -0.385 e. The average Bonchev–Trinajstić information content (AvgIpc) is 2.98. The standard InChI is InChI=1S/C21H22ClN/c1-4-9-23-15(3)21-13-19-11-17(18-7-8-20(22)12-18)6-5-16(19)10-14(21)2/h5-8,10-11,13,23H,3-4,9,12H2,1-2H3. The van der Waals surface area contributed by atoms with Crippen molar-refractivity contribution >= 4 is 33.6 Å². The Kier molecular flexibility index (Phi) is 4.58. The van der Waals surface area contributed by atoms with E-state index < -0.39 is 0 Å². The second-order valence-corrected chi connectivity index (χ2v) is 6.60. The Morgan fingerprint density at radius 3 is 2.70 bits per heavy atom. The number of aryl methyl sites for hydroxylation is 1. The first-order valence-electron chi connectivity index (χ1n) is 8.11. The maximum Gasteiger partial charge on any atom is 0.0343 e. The van der Waals surface area contributed by atoms with Gasteiger partial charge in [-0.1, -0.05) is 49.4 Å². The number of fused-ring (bicyclic) bond motifs is 1. The molecule has 0 radical (unpaired) electrons. The number of hydrogen-bond donors (Lipinski definition) is 1. The minimum atomic E-state index is 0.830. The number of rotatable bonds is 5. The molecule has 0 spiro atoms. The van der Waals surface area contributed by atoms with E-state index in [4.69, 9.17) is 11.6 Å². The zero-order valence-corrected chi connectivity index (χ0v) is 14.5. The summed E-state index contributed by atoms with van der Waals surface area (Å²) >= 11 is 6.10. The van der Waals surface area contributed by atoms with Crippen LogP contribution >= 0.6 is 11.6 Å². The fourth-order valence-corrected chi connectivity index (χ4v) is 3.20. The molecule has 2 aromatic carbocycles. The maximum atomic E-state index is 6.10. The van der Waals surface area contributed by atoms with E-state index in [0.29, 0.717) is 0 Å². The SMILES string of the molecule is C=C(NCCC)c1cc2cc(C3=CC=C(Cl)C3)ccc2cc1C. The summed E-state index contributed by atoms with van der Waals surface area (Å²) < 4.78 is 0. The Hall–Kier alpha value is -1.99. The van der Waals surface area contributed by atoms with Gasteiger partial charge in [0.25, 0.3) is 0 Å². The van der Waals surface area contributed by atoms with Gasteiger partial charge in [-0.05, 0) is 59.0 Å². The highest BCUT2D eigenvalue weighted by atomic mass is 35.5. The highest BCUT2D eigenvalue weighted by Crippen LogP contribution is 2.32. The van der Waals surface area contributed by atoms with Gasteiger partial charge in [0.05, 0.1) is 0 Å². The third-order valence-electron chi connectivity index (χ3n) is 4.29. The van der Waals surface area contributed by atoms with Gasteiger partial charge in [0, 0.05) is 29.3 Å². The maximum absolute atomic E-state index is 6.10. The number of benzene rings is 2. The average molecular weight is 324 g/mol. The first-order chi connectivity index (χ1) is 11.1. The first kappa shape index (κ1) is 15.9. The number of hydrogen-bond acceptors (Lipinski definition) is 1. The molecular formula is C21H22ClN. The van der Waals surface area contributed by atoms with Crippen LogP contribution in [0.2, 0.25) is 0 Å². The quantitative estimate of drug-likeness (QED) is 0.708. The Balaban J connectivity index is 1.98. The monoisotopic (exact) mass is 323 g/mol. The molecule has 0 bridgehead atoms. The number of halogens is 1. The summed E-state index contributed by atoms with van der Waals surface area (Å²) in [7, 11) is 0. The van der Waals surface area contributed by atoms with Crippen LogP contribution in [0.3, 0.4) is 0 Å². The lowest BCUT2D eigenvalue weighted by molar-refractivity contribution is 0.824. The van der Waals surface area contributed by atoms with Crippen molar-refractivity contribution in [3.63, 3.8) is 0 Å². The Morgan fingerprint density at radius 2 is 2.00 bits per heavy atom. The molecule has 0 unspecified atom stereocenters. The van der Waals surface area contributed by atoms with E-state index in [0.717, 1.165) is 30.1 Å². The van der Waals surface area contributed by atoms with Crippen LogP contribution in [0, 0.1) is 6.92 Å². The molecule has 118 valence electrons. The summed E-state index contributed by atoms with van der Waals surface area (Å²) in [5.41, 5.74) is 5.97. The third-order valence-corrected chi connectivity index (χ3v) is 4.55. The van der Waals surface area contributed by atoms with Gasteiger partial charge in [0.1, 0.15) is 0 Å². The molecule has 3 rings (SSSR count). The van der Waals surface area contributed by atoms with E-state index in [1.807, 2.05) is 6.08 Å². The molecule has 0 heterocycles. The van der Waals surface area contributed by atoms with Gasteiger partial charge >= 0.3 is 0 Å². The molecule has 23 heavy (non-hydrogen) atoms. The summed E-state index contributed by atoms with van der Waals surface area (Å²) in [6.07, 6.45) is 6.02. The van der Waals surface area contributed by atoms with Crippen LogP contribution in [-0.4, -0.2) is 6.54 Å². The van der Waals surface area contributed by atoms with Gasteiger partial charge in [0.2, 0.25) is 0 Å². The van der Waals surface area contributed by atoms with E-state index in [9.17, 15) is 0 Å². The van der Waals surface area contributed by atoms with Crippen LogP contribution in [-0.2, 0) is 0 Å². The molecule has 1 aliphatic rings. The van der Waals surface area contributed by atoms with Crippen molar-refractivity contribution in [3.05, 3.63) is 70.8 Å². The van der Waals surface area contributed by atoms with Crippen molar-refractivity contribution in [2.45, 2.75) is 26.7 Å². The topological polar surface area (TPSA) is 12.0 Å². The Morgan fingerprint density at radius 1 is 1.17 bits per heavy atom. The molecule has 2 aromatic rings. The molecule has 1 nitrogen and oxygen atoms in total. The summed E-state index contributed by atoms with van der Waals surface area (Å²) in [6.45, 7) is 9.45. The molecule has 1 aliphatic carbocycles. The van der Waals surface area contributed by atoms with E-state index in [-0.39, 0.29) is 0 Å². The highest BCUT2D eigenvalue weighted by molar-refractivity contribution is 6.31. The molecule has 0 fully saturated rings. The third kappa shape index (κ3) is 3.35. The van der Waals surface area contributed by atoms with Gasteiger partial charge < -0.3 is 5.32 Å². The van der Waals surface area contributed by atoms with Crippen LogP contribution in [0.5, 0.6) is 0 Å². The van der Waals surface area contributed by atoms with Crippen LogP contribution in [0.4, 0.5) is 0 Å². The van der Waals surface area contributed by atoms with Gasteiger partial charge in [-0.2, -0.15) is 0 Å². The van der Waals surface area contributed by atoms with Crippen LogP contribution in [0.25, 0.3) is 22.0 Å². The van der Waals surface area contributed by atoms with E-state index in [1.165, 1.54) is 33.0 Å². The van der Waals surface area contributed by atoms with Gasteiger partial charge in [0.15, 0.2) is 0 Å². The lowest BCUT2D eigenvalue weighted by atomic mass is 9.96. The van der Waals surface area contributed by atoms with Crippen molar-refractivity contribution in [2.24, 2.45) is 0 Å². The fraction of sp³-hybridized carbons (Fsp3) is 0.238. The van der Waals surface area contributed by atoms with Crippen LogP contribution in [0.1, 0.15) is 36.5 Å².